The number of hydrogen-bond acceptors (Lipinski definition) is 2. The van der Waals surface area contributed by atoms with Crippen LogP contribution in [0.15, 0.2) is 59.6 Å². The van der Waals surface area contributed by atoms with Crippen LogP contribution in [0.3, 0.4) is 0 Å². The molecule has 0 saturated carbocycles. The first-order valence-electron chi connectivity index (χ1n) is 5.74. The largest absolute Gasteiger partial charge is 0.386 e. The van der Waals surface area contributed by atoms with Crippen LogP contribution in [-0.4, -0.2) is 17.9 Å². The van der Waals surface area contributed by atoms with Gasteiger partial charge in [0.2, 0.25) is 0 Å². The van der Waals surface area contributed by atoms with Gasteiger partial charge in [0.05, 0.1) is 12.6 Å². The molecule has 2 aromatic carbocycles. The summed E-state index contributed by atoms with van der Waals surface area (Å²) in [6.45, 7) is 0.293. The van der Waals surface area contributed by atoms with Crippen molar-refractivity contribution < 1.29 is 9.50 Å². The van der Waals surface area contributed by atoms with Crippen molar-refractivity contribution in [3.63, 3.8) is 0 Å². The van der Waals surface area contributed by atoms with Gasteiger partial charge < -0.3 is 5.11 Å². The van der Waals surface area contributed by atoms with Crippen LogP contribution in [0.25, 0.3) is 0 Å². The van der Waals surface area contributed by atoms with Crippen LogP contribution in [0.2, 0.25) is 0 Å². The molecule has 0 aromatic heterocycles. The third kappa shape index (κ3) is 3.50. The summed E-state index contributed by atoms with van der Waals surface area (Å²) in [5.41, 5.74) is 1.66. The Morgan fingerprint density at radius 1 is 1.06 bits per heavy atom. The van der Waals surface area contributed by atoms with Gasteiger partial charge in [-0.15, -0.1) is 0 Å². The maximum Gasteiger partial charge on any atom is 0.123 e. The number of aliphatic hydroxyl groups excluding tert-OH is 1. The second kappa shape index (κ2) is 6.07. The number of rotatable bonds is 4. The Hall–Kier alpha value is -2.00. The van der Waals surface area contributed by atoms with Crippen LogP contribution >= 0.6 is 0 Å². The Bertz CT molecular complexity index is 508. The van der Waals surface area contributed by atoms with Gasteiger partial charge in [0.1, 0.15) is 5.82 Å². The standard InChI is InChI=1S/C15H14FNO/c16-14-8-6-12(7-9-14)10-17-11-15(18)13-4-2-1-3-5-13/h1-10,15,18H,11H2. The molecule has 1 N–H and O–H groups in total. The van der Waals surface area contributed by atoms with E-state index in [0.717, 1.165) is 11.1 Å². The summed E-state index contributed by atoms with van der Waals surface area (Å²) in [4.78, 5) is 4.15. The molecular formula is C15H14FNO. The summed E-state index contributed by atoms with van der Waals surface area (Å²) in [5.74, 6) is -0.267. The molecule has 3 heteroatoms. The van der Waals surface area contributed by atoms with Gasteiger partial charge in [-0.25, -0.2) is 4.39 Å². The maximum atomic E-state index is 12.7. The van der Waals surface area contributed by atoms with E-state index in [1.54, 1.807) is 18.3 Å². The molecule has 0 fully saturated rings. The number of aliphatic imine (C=N–C) groups is 1. The Morgan fingerprint density at radius 2 is 1.72 bits per heavy atom. The molecule has 2 aromatic rings. The molecule has 2 nitrogen and oxygen atoms in total. The zero-order chi connectivity index (χ0) is 12.8. The van der Waals surface area contributed by atoms with Crippen molar-refractivity contribution >= 4 is 6.21 Å². The highest BCUT2D eigenvalue weighted by Crippen LogP contribution is 2.12. The van der Waals surface area contributed by atoms with Gasteiger partial charge in [0.15, 0.2) is 0 Å². The summed E-state index contributed by atoms with van der Waals surface area (Å²) < 4.78 is 12.7. The second-order valence-corrected chi connectivity index (χ2v) is 3.97. The number of nitrogens with zero attached hydrogens (tertiary/aromatic N) is 1. The molecule has 0 aliphatic carbocycles. The van der Waals surface area contributed by atoms with Gasteiger partial charge in [-0.1, -0.05) is 42.5 Å². The molecule has 18 heavy (non-hydrogen) atoms. The molecular weight excluding hydrogens is 229 g/mol. The molecule has 0 saturated heterocycles. The van der Waals surface area contributed by atoms with E-state index in [1.807, 2.05) is 30.3 Å². The molecule has 0 radical (unpaired) electrons. The highest BCUT2D eigenvalue weighted by atomic mass is 19.1. The molecule has 92 valence electrons. The Labute approximate surface area is 105 Å². The van der Waals surface area contributed by atoms with Gasteiger partial charge in [-0.3, -0.25) is 4.99 Å². The lowest BCUT2D eigenvalue weighted by atomic mass is 10.1. The maximum absolute atomic E-state index is 12.7. The van der Waals surface area contributed by atoms with E-state index in [0.29, 0.717) is 6.54 Å². The SMILES string of the molecule is OC(CN=Cc1ccc(F)cc1)c1ccccc1. The van der Waals surface area contributed by atoms with Crippen LogP contribution in [-0.2, 0) is 0 Å². The molecule has 0 heterocycles. The fraction of sp³-hybridized carbons (Fsp3) is 0.133. The normalized spacial score (nSPS) is 12.8. The quantitative estimate of drug-likeness (QED) is 0.823. The summed E-state index contributed by atoms with van der Waals surface area (Å²) in [6.07, 6.45) is 1.02. The highest BCUT2D eigenvalue weighted by Gasteiger charge is 2.04. The molecule has 0 aliphatic rings. The van der Waals surface area contributed by atoms with Crippen molar-refractivity contribution in [2.24, 2.45) is 4.99 Å². The van der Waals surface area contributed by atoms with Crippen LogP contribution in [0, 0.1) is 5.82 Å². The number of hydrogen-bond donors (Lipinski definition) is 1. The summed E-state index contributed by atoms with van der Waals surface area (Å²) in [6, 6.07) is 15.4. The molecule has 2 rings (SSSR count). The average molecular weight is 243 g/mol. The Kier molecular flexibility index (Phi) is 4.20. The van der Waals surface area contributed by atoms with E-state index < -0.39 is 6.10 Å². The van der Waals surface area contributed by atoms with Crippen LogP contribution < -0.4 is 0 Å². The first-order valence-corrected chi connectivity index (χ1v) is 5.74. The Morgan fingerprint density at radius 3 is 2.39 bits per heavy atom. The predicted octanol–water partition coefficient (Wildman–Crippen LogP) is 2.98. The lowest BCUT2D eigenvalue weighted by Crippen LogP contribution is -2.01. The molecule has 1 atom stereocenters. The monoisotopic (exact) mass is 243 g/mol. The van der Waals surface area contributed by atoms with E-state index in [1.165, 1.54) is 12.1 Å². The topological polar surface area (TPSA) is 32.6 Å². The minimum Gasteiger partial charge on any atom is -0.386 e. The molecule has 0 bridgehead atoms. The van der Waals surface area contributed by atoms with Gasteiger partial charge in [-0.2, -0.15) is 0 Å². The fourth-order valence-corrected chi connectivity index (χ4v) is 1.59. The Balaban J connectivity index is 1.93. The molecule has 1 unspecified atom stereocenters. The first kappa shape index (κ1) is 12.5. The van der Waals surface area contributed by atoms with Gasteiger partial charge in [-0.05, 0) is 23.3 Å². The number of aliphatic hydroxyl groups is 1. The average Bonchev–Trinajstić information content (AvgIpc) is 2.42. The summed E-state index contributed by atoms with van der Waals surface area (Å²) >= 11 is 0. The minimum atomic E-state index is -0.608. The number of benzene rings is 2. The van der Waals surface area contributed by atoms with Crippen molar-refractivity contribution in [3.05, 3.63) is 71.5 Å². The van der Waals surface area contributed by atoms with Gasteiger partial charge in [0, 0.05) is 6.21 Å². The van der Waals surface area contributed by atoms with Crippen molar-refractivity contribution in [3.8, 4) is 0 Å². The van der Waals surface area contributed by atoms with Crippen LogP contribution in [0.4, 0.5) is 4.39 Å². The van der Waals surface area contributed by atoms with Crippen molar-refractivity contribution in [2.45, 2.75) is 6.10 Å². The molecule has 0 spiro atoms. The summed E-state index contributed by atoms with van der Waals surface area (Å²) in [5, 5.41) is 9.87. The number of halogens is 1. The molecule has 0 amide bonds. The van der Waals surface area contributed by atoms with Crippen molar-refractivity contribution in [1.29, 1.82) is 0 Å². The van der Waals surface area contributed by atoms with Gasteiger partial charge >= 0.3 is 0 Å². The third-order valence-electron chi connectivity index (χ3n) is 2.57. The predicted molar refractivity (Wildman–Crippen MR) is 70.3 cm³/mol. The van der Waals surface area contributed by atoms with E-state index in [4.69, 9.17) is 0 Å². The third-order valence-corrected chi connectivity index (χ3v) is 2.57. The molecule has 0 aliphatic heterocycles. The summed E-state index contributed by atoms with van der Waals surface area (Å²) in [7, 11) is 0. The van der Waals surface area contributed by atoms with E-state index >= 15 is 0 Å². The minimum absolute atomic E-state index is 0.267. The van der Waals surface area contributed by atoms with Gasteiger partial charge in [0.25, 0.3) is 0 Å². The highest BCUT2D eigenvalue weighted by molar-refractivity contribution is 5.79. The first-order chi connectivity index (χ1) is 8.75. The second-order valence-electron chi connectivity index (χ2n) is 3.97. The zero-order valence-corrected chi connectivity index (χ0v) is 9.83. The van der Waals surface area contributed by atoms with Crippen LogP contribution in [0.1, 0.15) is 17.2 Å². The van der Waals surface area contributed by atoms with E-state index in [-0.39, 0.29) is 5.82 Å². The van der Waals surface area contributed by atoms with Crippen molar-refractivity contribution in [2.75, 3.05) is 6.54 Å². The smallest absolute Gasteiger partial charge is 0.123 e. The lowest BCUT2D eigenvalue weighted by Gasteiger charge is -2.06. The zero-order valence-electron chi connectivity index (χ0n) is 9.83. The van der Waals surface area contributed by atoms with Crippen LogP contribution in [0.5, 0.6) is 0 Å². The van der Waals surface area contributed by atoms with E-state index in [2.05, 4.69) is 4.99 Å². The van der Waals surface area contributed by atoms with E-state index in [9.17, 15) is 9.50 Å². The fourth-order valence-electron chi connectivity index (χ4n) is 1.59. The van der Waals surface area contributed by atoms with Crippen molar-refractivity contribution in [1.82, 2.24) is 0 Å². The lowest BCUT2D eigenvalue weighted by molar-refractivity contribution is 0.187.